The average Bonchev–Trinajstić information content (AvgIpc) is 3.37. The van der Waals surface area contributed by atoms with Gasteiger partial charge in [0, 0.05) is 41.7 Å². The number of aromatic nitrogens is 1. The topological polar surface area (TPSA) is 63.7 Å². The lowest BCUT2D eigenvalue weighted by Gasteiger charge is -2.29. The smallest absolute Gasteiger partial charge is 0.260 e. The maximum Gasteiger partial charge on any atom is 0.260 e. The first-order valence-electron chi connectivity index (χ1n) is 10.9. The number of benzene rings is 2. The molecule has 0 bridgehead atoms. The Labute approximate surface area is 186 Å². The van der Waals surface area contributed by atoms with Crippen LogP contribution in [0.4, 0.5) is 11.5 Å². The number of nitrogens with one attached hydrogen (secondary N) is 1. The third-order valence-corrected chi connectivity index (χ3v) is 6.40. The van der Waals surface area contributed by atoms with Gasteiger partial charge in [-0.05, 0) is 24.1 Å². The van der Waals surface area contributed by atoms with Gasteiger partial charge in [-0.3, -0.25) is 4.79 Å². The fraction of sp³-hybridized carbons (Fsp3) is 0.231. The summed E-state index contributed by atoms with van der Waals surface area (Å²) in [4.78, 5) is 20.1. The highest BCUT2D eigenvalue weighted by atomic mass is 16.5. The number of morpholine rings is 1. The molecule has 160 valence electrons. The number of carbonyl (C=O) groups is 1. The number of fused-ring (bicyclic) bond motifs is 2. The Morgan fingerprint density at radius 3 is 2.56 bits per heavy atom. The van der Waals surface area contributed by atoms with Crippen molar-refractivity contribution >= 4 is 28.7 Å². The lowest BCUT2D eigenvalue weighted by molar-refractivity contribution is -0.110. The Morgan fingerprint density at radius 2 is 1.75 bits per heavy atom. The van der Waals surface area contributed by atoms with E-state index < -0.39 is 0 Å². The zero-order chi connectivity index (χ0) is 21.7. The molecule has 2 aromatic carbocycles. The summed E-state index contributed by atoms with van der Waals surface area (Å²) in [7, 11) is 0. The lowest BCUT2D eigenvalue weighted by Crippen LogP contribution is -2.37. The molecular formula is C26H23N3O3. The third-order valence-electron chi connectivity index (χ3n) is 6.40. The first kappa shape index (κ1) is 19.1. The van der Waals surface area contributed by atoms with E-state index in [1.165, 1.54) is 0 Å². The van der Waals surface area contributed by atoms with E-state index in [0.717, 1.165) is 52.4 Å². The fourth-order valence-corrected chi connectivity index (χ4v) is 4.87. The molecule has 4 heterocycles. The Hall–Kier alpha value is -3.64. The molecule has 3 aliphatic rings. The molecule has 6 nitrogen and oxygen atoms in total. The van der Waals surface area contributed by atoms with E-state index in [1.54, 1.807) is 0 Å². The molecule has 6 rings (SSSR count). The zero-order valence-electron chi connectivity index (χ0n) is 17.8. The van der Waals surface area contributed by atoms with Gasteiger partial charge in [-0.25, -0.2) is 4.98 Å². The molecule has 1 saturated heterocycles. The van der Waals surface area contributed by atoms with Gasteiger partial charge in [0.15, 0.2) is 6.10 Å². The van der Waals surface area contributed by atoms with E-state index in [0.29, 0.717) is 24.5 Å². The fourth-order valence-electron chi connectivity index (χ4n) is 4.87. The summed E-state index contributed by atoms with van der Waals surface area (Å²) in [6.07, 6.45) is 1.57. The van der Waals surface area contributed by atoms with Crippen molar-refractivity contribution in [2.75, 3.05) is 36.5 Å². The minimum atomic E-state index is -0.294. The maximum absolute atomic E-state index is 13.0. The van der Waals surface area contributed by atoms with E-state index in [-0.39, 0.29) is 12.0 Å². The first-order chi connectivity index (χ1) is 15.7. The van der Waals surface area contributed by atoms with Crippen LogP contribution < -0.4 is 10.2 Å². The normalized spacial score (nSPS) is 21.7. The van der Waals surface area contributed by atoms with Crippen molar-refractivity contribution < 1.29 is 14.3 Å². The Kier molecular flexibility index (Phi) is 4.47. The molecule has 1 atom stereocenters. The predicted octanol–water partition coefficient (Wildman–Crippen LogP) is 4.17. The highest BCUT2D eigenvalue weighted by molar-refractivity contribution is 6.36. The van der Waals surface area contributed by atoms with Crippen LogP contribution in [0.3, 0.4) is 0 Å². The van der Waals surface area contributed by atoms with Crippen molar-refractivity contribution in [3.63, 3.8) is 0 Å². The van der Waals surface area contributed by atoms with Crippen LogP contribution in [-0.4, -0.2) is 37.2 Å². The van der Waals surface area contributed by atoms with Crippen LogP contribution in [0.5, 0.6) is 0 Å². The van der Waals surface area contributed by atoms with Gasteiger partial charge >= 0.3 is 0 Å². The number of para-hydroxylation sites is 1. The summed E-state index contributed by atoms with van der Waals surface area (Å²) in [5, 5.41) is 2.97. The van der Waals surface area contributed by atoms with E-state index in [9.17, 15) is 4.79 Å². The second-order valence-electron chi connectivity index (χ2n) is 8.25. The molecule has 0 aliphatic carbocycles. The zero-order valence-corrected chi connectivity index (χ0v) is 17.8. The van der Waals surface area contributed by atoms with Gasteiger partial charge in [-0.2, -0.15) is 0 Å². The minimum absolute atomic E-state index is 0.143. The summed E-state index contributed by atoms with van der Waals surface area (Å²) >= 11 is 0. The van der Waals surface area contributed by atoms with E-state index >= 15 is 0 Å². The molecule has 1 amide bonds. The molecule has 3 aliphatic heterocycles. The molecule has 0 spiro atoms. The monoisotopic (exact) mass is 425 g/mol. The van der Waals surface area contributed by atoms with Crippen molar-refractivity contribution in [1.82, 2.24) is 4.98 Å². The van der Waals surface area contributed by atoms with Crippen molar-refractivity contribution in [1.29, 1.82) is 0 Å². The van der Waals surface area contributed by atoms with Crippen LogP contribution in [0.2, 0.25) is 0 Å². The van der Waals surface area contributed by atoms with E-state index in [2.05, 4.69) is 29.3 Å². The molecule has 6 heteroatoms. The number of hydrogen-bond donors (Lipinski definition) is 1. The maximum atomic E-state index is 13.0. The number of rotatable bonds is 2. The van der Waals surface area contributed by atoms with Gasteiger partial charge in [-0.1, -0.05) is 48.5 Å². The van der Waals surface area contributed by atoms with Gasteiger partial charge in [0.1, 0.15) is 11.6 Å². The van der Waals surface area contributed by atoms with Gasteiger partial charge in [-0.15, -0.1) is 0 Å². The molecule has 0 saturated carbocycles. The van der Waals surface area contributed by atoms with Crippen molar-refractivity contribution in [2.24, 2.45) is 0 Å². The molecule has 0 radical (unpaired) electrons. The molecule has 1 aromatic heterocycles. The summed E-state index contributed by atoms with van der Waals surface area (Å²) in [6, 6.07) is 17.9. The van der Waals surface area contributed by atoms with E-state index in [1.807, 2.05) is 48.7 Å². The number of anilines is 2. The molecule has 1 N–H and O–H groups in total. The van der Waals surface area contributed by atoms with Gasteiger partial charge < -0.3 is 19.7 Å². The number of hydrogen-bond acceptors (Lipinski definition) is 5. The number of nitrogens with zero attached hydrogens (tertiary/aromatic N) is 2. The summed E-state index contributed by atoms with van der Waals surface area (Å²) in [5.41, 5.74) is 6.34. The highest BCUT2D eigenvalue weighted by Gasteiger charge is 2.39. The standard InChI is InChI=1S/C26H23N3O3/c1-16-21-19(15-27-25(16)29-11-13-31-14-12-29)24(32-23(21)17-7-3-2-4-8-17)22-18-9-5-6-10-20(18)28-26(22)30/h2-10,15,23H,11-14H2,1H3,(H,28,30)/b24-22+. The minimum Gasteiger partial charge on any atom is -0.479 e. The second kappa shape index (κ2) is 7.50. The van der Waals surface area contributed by atoms with Crippen LogP contribution in [0.25, 0.3) is 11.3 Å². The Morgan fingerprint density at radius 1 is 1.00 bits per heavy atom. The van der Waals surface area contributed by atoms with Crippen molar-refractivity contribution in [3.8, 4) is 0 Å². The van der Waals surface area contributed by atoms with Gasteiger partial charge in [0.05, 0.1) is 18.8 Å². The lowest BCUT2D eigenvalue weighted by atomic mass is 9.94. The van der Waals surface area contributed by atoms with Crippen LogP contribution in [-0.2, 0) is 14.3 Å². The molecule has 1 fully saturated rings. The Balaban J connectivity index is 1.56. The average molecular weight is 425 g/mol. The largest absolute Gasteiger partial charge is 0.479 e. The molecular weight excluding hydrogens is 402 g/mol. The van der Waals surface area contributed by atoms with Crippen LogP contribution >= 0.6 is 0 Å². The van der Waals surface area contributed by atoms with Gasteiger partial charge in [0.2, 0.25) is 0 Å². The van der Waals surface area contributed by atoms with Crippen molar-refractivity contribution in [2.45, 2.75) is 13.0 Å². The number of ether oxygens (including phenoxy) is 2. The molecule has 3 aromatic rings. The first-order valence-corrected chi connectivity index (χ1v) is 10.9. The van der Waals surface area contributed by atoms with Crippen molar-refractivity contribution in [3.05, 3.63) is 88.6 Å². The second-order valence-corrected chi connectivity index (χ2v) is 8.25. The quantitative estimate of drug-likeness (QED) is 0.625. The summed E-state index contributed by atoms with van der Waals surface area (Å²) < 4.78 is 12.1. The summed E-state index contributed by atoms with van der Waals surface area (Å²) in [6.45, 7) is 5.12. The van der Waals surface area contributed by atoms with E-state index in [4.69, 9.17) is 14.5 Å². The third kappa shape index (κ3) is 2.91. The van der Waals surface area contributed by atoms with Gasteiger partial charge in [0.25, 0.3) is 5.91 Å². The number of carbonyl (C=O) groups excluding carboxylic acids is 1. The van der Waals surface area contributed by atoms with Crippen LogP contribution in [0, 0.1) is 6.92 Å². The molecule has 1 unspecified atom stereocenters. The number of amides is 1. The SMILES string of the molecule is Cc1c(N2CCOCC2)ncc2c1C(c1ccccc1)O/C2=C1/C(=O)Nc2ccccc21. The number of pyridine rings is 1. The van der Waals surface area contributed by atoms with Crippen LogP contribution in [0.1, 0.15) is 33.9 Å². The Bertz CT molecular complexity index is 1250. The predicted molar refractivity (Wildman–Crippen MR) is 123 cm³/mol. The highest BCUT2D eigenvalue weighted by Crippen LogP contribution is 2.49. The summed E-state index contributed by atoms with van der Waals surface area (Å²) in [5.74, 6) is 1.41. The molecule has 32 heavy (non-hydrogen) atoms. The van der Waals surface area contributed by atoms with Crippen LogP contribution in [0.15, 0.2) is 60.8 Å².